The van der Waals surface area contributed by atoms with Crippen LogP contribution in [0, 0.1) is 5.82 Å². The first-order valence-corrected chi connectivity index (χ1v) is 6.45. The van der Waals surface area contributed by atoms with Gasteiger partial charge in [-0.25, -0.2) is 9.82 Å². The lowest BCUT2D eigenvalue weighted by Crippen LogP contribution is -2.18. The van der Waals surface area contributed by atoms with E-state index in [0.29, 0.717) is 22.6 Å². The van der Waals surface area contributed by atoms with Gasteiger partial charge in [0, 0.05) is 6.07 Å². The summed E-state index contributed by atoms with van der Waals surface area (Å²) in [5.74, 6) is 0.221. The van der Waals surface area contributed by atoms with Gasteiger partial charge in [-0.05, 0) is 29.8 Å². The van der Waals surface area contributed by atoms with Gasteiger partial charge in [-0.2, -0.15) is 5.10 Å². The Labute approximate surface area is 127 Å². The third-order valence-electron chi connectivity index (χ3n) is 2.90. The van der Waals surface area contributed by atoms with Crippen LogP contribution in [0.1, 0.15) is 15.9 Å². The molecule has 22 heavy (non-hydrogen) atoms. The van der Waals surface area contributed by atoms with Crippen molar-refractivity contribution in [2.24, 2.45) is 5.10 Å². The predicted molar refractivity (Wildman–Crippen MR) is 81.0 cm³/mol. The van der Waals surface area contributed by atoms with E-state index >= 15 is 0 Å². The first kappa shape index (κ1) is 15.5. The van der Waals surface area contributed by atoms with Crippen LogP contribution in [-0.4, -0.2) is 26.3 Å². The molecule has 2 aromatic rings. The predicted octanol–water partition coefficient (Wildman–Crippen LogP) is 2.61. The zero-order valence-electron chi connectivity index (χ0n) is 12.2. The fourth-order valence-corrected chi connectivity index (χ4v) is 1.76. The van der Waals surface area contributed by atoms with Gasteiger partial charge < -0.3 is 9.47 Å². The molecule has 0 aliphatic rings. The van der Waals surface area contributed by atoms with E-state index in [1.54, 1.807) is 30.3 Å². The number of hydrogen-bond donors (Lipinski definition) is 1. The van der Waals surface area contributed by atoms with Gasteiger partial charge in [0.15, 0.2) is 0 Å². The second-order valence-corrected chi connectivity index (χ2v) is 4.32. The molecule has 2 aromatic carbocycles. The second kappa shape index (κ2) is 7.21. The summed E-state index contributed by atoms with van der Waals surface area (Å²) in [6, 6.07) is 10.6. The van der Waals surface area contributed by atoms with Gasteiger partial charge in [0.1, 0.15) is 17.3 Å². The van der Waals surface area contributed by atoms with Gasteiger partial charge in [0.25, 0.3) is 5.91 Å². The van der Waals surface area contributed by atoms with Crippen LogP contribution in [0.25, 0.3) is 0 Å². The molecular formula is C16H15FN2O3. The van der Waals surface area contributed by atoms with E-state index in [4.69, 9.17) is 9.47 Å². The van der Waals surface area contributed by atoms with Crippen LogP contribution in [0.5, 0.6) is 11.5 Å². The molecule has 0 fully saturated rings. The molecule has 114 valence electrons. The molecule has 0 unspecified atom stereocenters. The number of amides is 1. The largest absolute Gasteiger partial charge is 0.497 e. The highest BCUT2D eigenvalue weighted by Gasteiger charge is 2.12. The summed E-state index contributed by atoms with van der Waals surface area (Å²) in [5.41, 5.74) is 3.39. The molecule has 1 amide bonds. The summed E-state index contributed by atoms with van der Waals surface area (Å²) in [6.07, 6.45) is 1.42. The number of ether oxygens (including phenoxy) is 2. The quantitative estimate of drug-likeness (QED) is 0.682. The Morgan fingerprint density at radius 1 is 1.14 bits per heavy atom. The van der Waals surface area contributed by atoms with E-state index in [2.05, 4.69) is 10.5 Å². The van der Waals surface area contributed by atoms with E-state index in [1.807, 2.05) is 0 Å². The van der Waals surface area contributed by atoms with E-state index in [9.17, 15) is 9.18 Å². The summed E-state index contributed by atoms with van der Waals surface area (Å²) < 4.78 is 23.0. The van der Waals surface area contributed by atoms with Gasteiger partial charge in [-0.1, -0.05) is 12.1 Å². The number of halogens is 1. The van der Waals surface area contributed by atoms with Crippen molar-refractivity contribution in [2.75, 3.05) is 14.2 Å². The highest BCUT2D eigenvalue weighted by Crippen LogP contribution is 2.24. The van der Waals surface area contributed by atoms with Crippen LogP contribution in [0.4, 0.5) is 4.39 Å². The molecule has 2 rings (SSSR count). The van der Waals surface area contributed by atoms with E-state index in [1.165, 1.54) is 32.6 Å². The van der Waals surface area contributed by atoms with Gasteiger partial charge in [-0.3, -0.25) is 4.79 Å². The average Bonchev–Trinajstić information content (AvgIpc) is 2.55. The van der Waals surface area contributed by atoms with Gasteiger partial charge in [-0.15, -0.1) is 0 Å². The number of hydrogen-bond acceptors (Lipinski definition) is 4. The summed E-state index contributed by atoms with van der Waals surface area (Å²) in [4.78, 5) is 12.1. The van der Waals surface area contributed by atoms with Crippen molar-refractivity contribution < 1.29 is 18.7 Å². The SMILES string of the molecule is COc1ccc(C(=O)N/N=C\c2ccc(F)cc2)c(OC)c1. The van der Waals surface area contributed by atoms with E-state index in [-0.39, 0.29) is 5.82 Å². The van der Waals surface area contributed by atoms with Crippen molar-refractivity contribution in [2.45, 2.75) is 0 Å². The normalized spacial score (nSPS) is 10.5. The van der Waals surface area contributed by atoms with Crippen LogP contribution in [-0.2, 0) is 0 Å². The fraction of sp³-hybridized carbons (Fsp3) is 0.125. The number of rotatable bonds is 5. The Bertz CT molecular complexity index is 684. The molecule has 0 spiro atoms. The van der Waals surface area contributed by atoms with Crippen LogP contribution < -0.4 is 14.9 Å². The van der Waals surface area contributed by atoms with Crippen LogP contribution >= 0.6 is 0 Å². The first-order valence-electron chi connectivity index (χ1n) is 6.45. The van der Waals surface area contributed by atoms with Crippen LogP contribution in [0.15, 0.2) is 47.6 Å². The van der Waals surface area contributed by atoms with Gasteiger partial charge in [0.2, 0.25) is 0 Å². The summed E-state index contributed by atoms with van der Waals surface area (Å²) in [5, 5.41) is 3.83. The summed E-state index contributed by atoms with van der Waals surface area (Å²) in [7, 11) is 2.99. The Hall–Kier alpha value is -2.89. The molecule has 1 N–H and O–H groups in total. The molecule has 0 radical (unpaired) electrons. The molecule has 0 bridgehead atoms. The molecule has 0 atom stereocenters. The molecule has 0 aliphatic heterocycles. The minimum absolute atomic E-state index is 0.329. The smallest absolute Gasteiger partial charge is 0.275 e. The minimum Gasteiger partial charge on any atom is -0.497 e. The molecular weight excluding hydrogens is 287 g/mol. The molecule has 0 saturated heterocycles. The molecule has 0 heterocycles. The number of nitrogens with one attached hydrogen (secondary N) is 1. The number of nitrogens with zero attached hydrogens (tertiary/aromatic N) is 1. The average molecular weight is 302 g/mol. The lowest BCUT2D eigenvalue weighted by atomic mass is 10.2. The van der Waals surface area contributed by atoms with Crippen molar-refractivity contribution in [3.8, 4) is 11.5 Å². The number of hydrazone groups is 1. The van der Waals surface area contributed by atoms with Crippen molar-refractivity contribution in [3.63, 3.8) is 0 Å². The van der Waals surface area contributed by atoms with Crippen molar-refractivity contribution in [1.82, 2.24) is 5.43 Å². The maximum absolute atomic E-state index is 12.8. The van der Waals surface area contributed by atoms with Crippen molar-refractivity contribution in [3.05, 3.63) is 59.4 Å². The maximum Gasteiger partial charge on any atom is 0.275 e. The number of benzene rings is 2. The van der Waals surface area contributed by atoms with Crippen LogP contribution in [0.2, 0.25) is 0 Å². The van der Waals surface area contributed by atoms with Crippen molar-refractivity contribution >= 4 is 12.1 Å². The highest BCUT2D eigenvalue weighted by molar-refractivity contribution is 5.97. The second-order valence-electron chi connectivity index (χ2n) is 4.32. The lowest BCUT2D eigenvalue weighted by molar-refractivity contribution is 0.0952. The number of carbonyl (C=O) groups is 1. The Kier molecular flexibility index (Phi) is 5.08. The molecule has 0 aliphatic carbocycles. The standard InChI is InChI=1S/C16H15FN2O3/c1-21-13-7-8-14(15(9-13)22-2)16(20)19-18-10-11-3-5-12(17)6-4-11/h3-10H,1-2H3,(H,19,20)/b18-10-. The molecule has 0 aromatic heterocycles. The van der Waals surface area contributed by atoms with Gasteiger partial charge >= 0.3 is 0 Å². The fourth-order valence-electron chi connectivity index (χ4n) is 1.76. The number of methoxy groups -OCH3 is 2. The zero-order valence-corrected chi connectivity index (χ0v) is 12.2. The summed E-state index contributed by atoms with van der Waals surface area (Å²) >= 11 is 0. The lowest BCUT2D eigenvalue weighted by Gasteiger charge is -2.08. The highest BCUT2D eigenvalue weighted by atomic mass is 19.1. The molecule has 0 saturated carbocycles. The Morgan fingerprint density at radius 2 is 1.86 bits per heavy atom. The van der Waals surface area contributed by atoms with Gasteiger partial charge in [0.05, 0.1) is 26.0 Å². The molecule has 6 heteroatoms. The number of carbonyl (C=O) groups excluding carboxylic acids is 1. The summed E-state index contributed by atoms with van der Waals surface area (Å²) in [6.45, 7) is 0. The monoisotopic (exact) mass is 302 g/mol. The first-order chi connectivity index (χ1) is 10.6. The third kappa shape index (κ3) is 3.82. The topological polar surface area (TPSA) is 59.9 Å². The third-order valence-corrected chi connectivity index (χ3v) is 2.90. The molecule has 5 nitrogen and oxygen atoms in total. The Balaban J connectivity index is 2.07. The maximum atomic E-state index is 12.8. The minimum atomic E-state index is -0.419. The van der Waals surface area contributed by atoms with Crippen LogP contribution in [0.3, 0.4) is 0 Å². The van der Waals surface area contributed by atoms with Crippen molar-refractivity contribution in [1.29, 1.82) is 0 Å². The van der Waals surface area contributed by atoms with E-state index < -0.39 is 5.91 Å². The van der Waals surface area contributed by atoms with E-state index in [0.717, 1.165) is 0 Å². The Morgan fingerprint density at radius 3 is 2.50 bits per heavy atom. The zero-order chi connectivity index (χ0) is 15.9.